The van der Waals surface area contributed by atoms with Crippen LogP contribution in [-0.4, -0.2) is 29.3 Å². The van der Waals surface area contributed by atoms with E-state index in [0.717, 1.165) is 6.92 Å². The van der Waals surface area contributed by atoms with E-state index in [1.807, 2.05) is 0 Å². The molecule has 0 saturated carbocycles. The largest absolute Gasteiger partial charge is 0.464 e. The molecule has 1 N–H and O–H groups in total. The van der Waals surface area contributed by atoms with Gasteiger partial charge in [-0.3, -0.25) is 0 Å². The quantitative estimate of drug-likeness (QED) is 0.932. The van der Waals surface area contributed by atoms with Crippen molar-refractivity contribution in [2.45, 2.75) is 19.2 Å². The number of anilines is 1. The number of benzene rings is 1. The SMILES string of the molecule is CNc1nc(OC(C)C(F)(F)F)c2ccccc2n1. The van der Waals surface area contributed by atoms with E-state index >= 15 is 0 Å². The fourth-order valence-electron chi connectivity index (χ4n) is 1.48. The summed E-state index contributed by atoms with van der Waals surface area (Å²) in [4.78, 5) is 8.07. The van der Waals surface area contributed by atoms with Gasteiger partial charge in [-0.2, -0.15) is 18.2 Å². The number of nitrogens with one attached hydrogen (secondary N) is 1. The summed E-state index contributed by atoms with van der Waals surface area (Å²) in [6, 6.07) is 6.73. The number of alkyl halides is 3. The molecule has 2 rings (SSSR count). The van der Waals surface area contributed by atoms with Crippen molar-refractivity contribution >= 4 is 16.9 Å². The molecule has 2 aromatic rings. The second kappa shape index (κ2) is 4.91. The van der Waals surface area contributed by atoms with Crippen LogP contribution in [0.4, 0.5) is 19.1 Å². The number of nitrogens with zero attached hydrogens (tertiary/aromatic N) is 2. The fraction of sp³-hybridized carbons (Fsp3) is 0.333. The first kappa shape index (κ1) is 13.4. The Morgan fingerprint density at radius 3 is 2.53 bits per heavy atom. The van der Waals surface area contributed by atoms with E-state index in [0.29, 0.717) is 10.9 Å². The van der Waals surface area contributed by atoms with Crippen molar-refractivity contribution in [3.8, 4) is 5.88 Å². The highest BCUT2D eigenvalue weighted by molar-refractivity contribution is 5.84. The number of halogens is 3. The molecule has 0 saturated heterocycles. The predicted octanol–water partition coefficient (Wildman–Crippen LogP) is 3.00. The van der Waals surface area contributed by atoms with Gasteiger partial charge in [-0.05, 0) is 19.1 Å². The summed E-state index contributed by atoms with van der Waals surface area (Å²) in [5.74, 6) is 0.128. The minimum Gasteiger partial charge on any atom is -0.464 e. The van der Waals surface area contributed by atoms with E-state index in [9.17, 15) is 13.2 Å². The molecule has 1 unspecified atom stereocenters. The number of aromatic nitrogens is 2. The molecule has 1 aromatic carbocycles. The highest BCUT2D eigenvalue weighted by Crippen LogP contribution is 2.29. The Hall–Kier alpha value is -2.05. The molecule has 1 heterocycles. The molecule has 4 nitrogen and oxygen atoms in total. The molecule has 102 valence electrons. The molecular formula is C12H12F3N3O. The van der Waals surface area contributed by atoms with Gasteiger partial charge in [0.15, 0.2) is 6.10 Å². The molecular weight excluding hydrogens is 259 g/mol. The molecule has 0 aliphatic heterocycles. The van der Waals surface area contributed by atoms with E-state index in [4.69, 9.17) is 4.74 Å². The second-order valence-corrected chi connectivity index (χ2v) is 3.92. The minimum atomic E-state index is -4.44. The highest BCUT2D eigenvalue weighted by Gasteiger charge is 2.38. The van der Waals surface area contributed by atoms with Crippen LogP contribution in [0.25, 0.3) is 10.9 Å². The van der Waals surface area contributed by atoms with Gasteiger partial charge in [0, 0.05) is 7.05 Å². The third-order valence-corrected chi connectivity index (χ3v) is 2.54. The number of ether oxygens (including phenoxy) is 1. The third-order valence-electron chi connectivity index (χ3n) is 2.54. The van der Waals surface area contributed by atoms with Crippen LogP contribution in [0.3, 0.4) is 0 Å². The maximum atomic E-state index is 12.5. The van der Waals surface area contributed by atoms with Gasteiger partial charge in [0.1, 0.15) is 0 Å². The Bertz CT molecular complexity index is 586. The summed E-state index contributed by atoms with van der Waals surface area (Å²) in [7, 11) is 1.58. The third kappa shape index (κ3) is 2.86. The summed E-state index contributed by atoms with van der Waals surface area (Å²) < 4.78 is 42.5. The molecule has 1 aromatic heterocycles. The van der Waals surface area contributed by atoms with Crippen LogP contribution in [0.1, 0.15) is 6.92 Å². The molecule has 19 heavy (non-hydrogen) atoms. The van der Waals surface area contributed by atoms with Crippen molar-refractivity contribution in [3.63, 3.8) is 0 Å². The van der Waals surface area contributed by atoms with Crippen LogP contribution in [0.15, 0.2) is 24.3 Å². The lowest BCUT2D eigenvalue weighted by atomic mass is 10.2. The summed E-state index contributed by atoms with van der Waals surface area (Å²) >= 11 is 0. The van der Waals surface area contributed by atoms with Crippen molar-refractivity contribution in [1.29, 1.82) is 0 Å². The van der Waals surface area contributed by atoms with Gasteiger partial charge in [-0.15, -0.1) is 0 Å². The first-order valence-corrected chi connectivity index (χ1v) is 5.59. The molecule has 7 heteroatoms. The lowest BCUT2D eigenvalue weighted by Gasteiger charge is -2.18. The molecule has 0 radical (unpaired) electrons. The maximum Gasteiger partial charge on any atom is 0.425 e. The zero-order chi connectivity index (χ0) is 14.0. The zero-order valence-electron chi connectivity index (χ0n) is 10.3. The van der Waals surface area contributed by atoms with Crippen molar-refractivity contribution in [2.24, 2.45) is 0 Å². The van der Waals surface area contributed by atoms with Gasteiger partial charge < -0.3 is 10.1 Å². The summed E-state index contributed by atoms with van der Waals surface area (Å²) in [6.45, 7) is 0.940. The van der Waals surface area contributed by atoms with Crippen molar-refractivity contribution in [2.75, 3.05) is 12.4 Å². The van der Waals surface area contributed by atoms with Crippen molar-refractivity contribution in [1.82, 2.24) is 9.97 Å². The van der Waals surface area contributed by atoms with Crippen LogP contribution in [-0.2, 0) is 0 Å². The summed E-state index contributed by atoms with van der Waals surface area (Å²) in [5.41, 5.74) is 0.520. The molecule has 0 spiro atoms. The number of hydrogen-bond donors (Lipinski definition) is 1. The Morgan fingerprint density at radius 2 is 1.89 bits per heavy atom. The lowest BCUT2D eigenvalue weighted by Crippen LogP contribution is -2.31. The zero-order valence-corrected chi connectivity index (χ0v) is 10.3. The summed E-state index contributed by atoms with van der Waals surface area (Å²) in [5, 5.41) is 3.13. The van der Waals surface area contributed by atoms with Gasteiger partial charge >= 0.3 is 6.18 Å². The van der Waals surface area contributed by atoms with E-state index in [2.05, 4.69) is 15.3 Å². The van der Waals surface area contributed by atoms with Gasteiger partial charge in [-0.25, -0.2) is 4.98 Å². The number of rotatable bonds is 3. The molecule has 0 amide bonds. The number of fused-ring (bicyclic) bond motifs is 1. The van der Waals surface area contributed by atoms with Crippen molar-refractivity contribution < 1.29 is 17.9 Å². The van der Waals surface area contributed by atoms with Crippen LogP contribution < -0.4 is 10.1 Å². The highest BCUT2D eigenvalue weighted by atomic mass is 19.4. The van der Waals surface area contributed by atoms with Crippen LogP contribution >= 0.6 is 0 Å². The smallest absolute Gasteiger partial charge is 0.425 e. The molecule has 0 aliphatic rings. The Labute approximate surface area is 107 Å². The van der Waals surface area contributed by atoms with Gasteiger partial charge in [-0.1, -0.05) is 12.1 Å². The first-order chi connectivity index (χ1) is 8.91. The fourth-order valence-corrected chi connectivity index (χ4v) is 1.48. The normalized spacial score (nSPS) is 13.3. The number of hydrogen-bond acceptors (Lipinski definition) is 4. The van der Waals surface area contributed by atoms with Gasteiger partial charge in [0.05, 0.1) is 10.9 Å². The standard InChI is InChI=1S/C12H12F3N3O/c1-7(12(13,14)15)19-10-8-5-3-4-6-9(8)17-11(16-2)18-10/h3-7H,1-2H3,(H,16,17,18). The van der Waals surface area contributed by atoms with E-state index in [-0.39, 0.29) is 11.8 Å². The predicted molar refractivity (Wildman–Crippen MR) is 65.2 cm³/mol. The maximum absolute atomic E-state index is 12.5. The average Bonchev–Trinajstić information content (AvgIpc) is 2.37. The van der Waals surface area contributed by atoms with E-state index in [1.54, 1.807) is 31.3 Å². The Morgan fingerprint density at radius 1 is 1.21 bits per heavy atom. The molecule has 0 aliphatic carbocycles. The molecule has 0 fully saturated rings. The Kier molecular flexibility index (Phi) is 3.46. The van der Waals surface area contributed by atoms with E-state index in [1.165, 1.54) is 0 Å². The van der Waals surface area contributed by atoms with Gasteiger partial charge in [0.25, 0.3) is 0 Å². The number of para-hydroxylation sites is 1. The molecule has 0 bridgehead atoms. The van der Waals surface area contributed by atoms with E-state index < -0.39 is 12.3 Å². The Balaban J connectivity index is 2.46. The topological polar surface area (TPSA) is 47.0 Å². The first-order valence-electron chi connectivity index (χ1n) is 5.59. The molecule has 1 atom stereocenters. The summed E-state index contributed by atoms with van der Waals surface area (Å²) in [6.07, 6.45) is -6.37. The lowest BCUT2D eigenvalue weighted by molar-refractivity contribution is -0.189. The minimum absolute atomic E-state index is 0.0835. The monoisotopic (exact) mass is 271 g/mol. The second-order valence-electron chi connectivity index (χ2n) is 3.92. The van der Waals surface area contributed by atoms with Crippen LogP contribution in [0, 0.1) is 0 Å². The average molecular weight is 271 g/mol. The van der Waals surface area contributed by atoms with Crippen molar-refractivity contribution in [3.05, 3.63) is 24.3 Å². The van der Waals surface area contributed by atoms with Crippen LogP contribution in [0.2, 0.25) is 0 Å². The van der Waals surface area contributed by atoms with Gasteiger partial charge in [0.2, 0.25) is 11.8 Å². The van der Waals surface area contributed by atoms with Crippen LogP contribution in [0.5, 0.6) is 5.88 Å².